The monoisotopic (exact) mass is 477 g/mol. The van der Waals surface area contributed by atoms with Crippen LogP contribution in [0.25, 0.3) is 0 Å². The van der Waals surface area contributed by atoms with Crippen molar-refractivity contribution in [1.29, 1.82) is 0 Å². The van der Waals surface area contributed by atoms with E-state index >= 15 is 0 Å². The van der Waals surface area contributed by atoms with Crippen molar-refractivity contribution in [1.82, 2.24) is 15.1 Å². The molecule has 0 unspecified atom stereocenters. The summed E-state index contributed by atoms with van der Waals surface area (Å²) >= 11 is 0. The molecular formula is C27H31N3O5. The molecule has 2 N–H and O–H groups in total. The van der Waals surface area contributed by atoms with E-state index in [2.05, 4.69) is 10.4 Å². The average molecular weight is 478 g/mol. The fourth-order valence-corrected chi connectivity index (χ4v) is 4.28. The Morgan fingerprint density at radius 1 is 1.06 bits per heavy atom. The molecule has 0 saturated heterocycles. The second kappa shape index (κ2) is 11.7. The molecule has 1 heterocycles. The van der Waals surface area contributed by atoms with Crippen molar-refractivity contribution in [3.05, 3.63) is 83.0 Å². The minimum absolute atomic E-state index is 0.0723. The zero-order chi connectivity index (χ0) is 24.6. The Labute approximate surface area is 204 Å². The fourth-order valence-electron chi connectivity index (χ4n) is 4.28. The summed E-state index contributed by atoms with van der Waals surface area (Å²) < 4.78 is 13.3. The Balaban J connectivity index is 1.39. The lowest BCUT2D eigenvalue weighted by Crippen LogP contribution is -2.47. The Morgan fingerprint density at radius 3 is 2.57 bits per heavy atom. The van der Waals surface area contributed by atoms with E-state index in [0.717, 1.165) is 42.4 Å². The molecule has 1 aliphatic rings. The molecule has 3 aromatic rings. The lowest BCUT2D eigenvalue weighted by atomic mass is 9.92. The summed E-state index contributed by atoms with van der Waals surface area (Å²) in [6.07, 6.45) is 3.72. The van der Waals surface area contributed by atoms with E-state index in [-0.39, 0.29) is 42.8 Å². The van der Waals surface area contributed by atoms with Crippen LogP contribution in [0.1, 0.15) is 52.9 Å². The number of nitrogens with zero attached hydrogens (tertiary/aromatic N) is 2. The SMILES string of the molecule is Cc1ccccc1COc1cc(C(=O)O)nn1CC(=O)N[C@H]1CCCC[C@@H]1OCc1ccccc1. The third-order valence-electron chi connectivity index (χ3n) is 6.25. The number of ether oxygens (including phenoxy) is 2. The fraction of sp³-hybridized carbons (Fsp3) is 0.370. The zero-order valence-electron chi connectivity index (χ0n) is 19.9. The van der Waals surface area contributed by atoms with Gasteiger partial charge in [0.1, 0.15) is 13.2 Å². The molecule has 0 aliphatic heterocycles. The van der Waals surface area contributed by atoms with Gasteiger partial charge in [0.15, 0.2) is 5.69 Å². The molecule has 2 aromatic carbocycles. The van der Waals surface area contributed by atoms with Gasteiger partial charge in [0.25, 0.3) is 0 Å². The Bertz CT molecular complexity index is 1140. The number of benzene rings is 2. The van der Waals surface area contributed by atoms with Crippen LogP contribution < -0.4 is 10.1 Å². The number of nitrogens with one attached hydrogen (secondary N) is 1. The number of aryl methyl sites for hydroxylation is 1. The molecule has 0 spiro atoms. The van der Waals surface area contributed by atoms with Crippen molar-refractivity contribution in [3.8, 4) is 5.88 Å². The number of carbonyl (C=O) groups excluding carboxylic acids is 1. The maximum absolute atomic E-state index is 12.9. The van der Waals surface area contributed by atoms with Crippen molar-refractivity contribution in [2.45, 2.75) is 64.5 Å². The molecule has 2 atom stereocenters. The standard InChI is InChI=1S/C27H31N3O5/c1-19-9-5-6-12-21(19)18-35-26-15-23(27(32)33)29-30(26)16-25(31)28-22-13-7-8-14-24(22)34-17-20-10-3-2-4-11-20/h2-6,9-12,15,22,24H,7-8,13-14,16-18H2,1H3,(H,28,31)(H,32,33)/t22-,24-/m0/s1. The highest BCUT2D eigenvalue weighted by molar-refractivity contribution is 5.85. The second-order valence-electron chi connectivity index (χ2n) is 8.84. The van der Waals surface area contributed by atoms with Gasteiger partial charge in [0.05, 0.1) is 18.8 Å². The quantitative estimate of drug-likeness (QED) is 0.456. The van der Waals surface area contributed by atoms with Crippen molar-refractivity contribution < 1.29 is 24.2 Å². The number of carbonyl (C=O) groups is 2. The lowest BCUT2D eigenvalue weighted by Gasteiger charge is -2.32. The molecule has 35 heavy (non-hydrogen) atoms. The highest BCUT2D eigenvalue weighted by Gasteiger charge is 2.28. The predicted octanol–water partition coefficient (Wildman–Crippen LogP) is 4.11. The summed E-state index contributed by atoms with van der Waals surface area (Å²) in [5.74, 6) is -1.20. The summed E-state index contributed by atoms with van der Waals surface area (Å²) in [7, 11) is 0. The van der Waals surface area contributed by atoms with Crippen LogP contribution in [0.5, 0.6) is 5.88 Å². The first-order valence-corrected chi connectivity index (χ1v) is 11.9. The second-order valence-corrected chi connectivity index (χ2v) is 8.84. The molecule has 1 amide bonds. The van der Waals surface area contributed by atoms with Gasteiger partial charge in [0.2, 0.25) is 11.8 Å². The number of rotatable bonds is 10. The zero-order valence-corrected chi connectivity index (χ0v) is 19.9. The van der Waals surface area contributed by atoms with Crippen molar-refractivity contribution in [3.63, 3.8) is 0 Å². The van der Waals surface area contributed by atoms with E-state index in [4.69, 9.17) is 9.47 Å². The van der Waals surface area contributed by atoms with Gasteiger partial charge in [-0.2, -0.15) is 5.10 Å². The number of aromatic nitrogens is 2. The minimum Gasteiger partial charge on any atom is -0.476 e. The van der Waals surface area contributed by atoms with E-state index in [1.807, 2.05) is 61.5 Å². The van der Waals surface area contributed by atoms with E-state index in [9.17, 15) is 14.7 Å². The molecule has 1 aliphatic carbocycles. The van der Waals surface area contributed by atoms with E-state index in [0.29, 0.717) is 6.61 Å². The van der Waals surface area contributed by atoms with Gasteiger partial charge in [-0.15, -0.1) is 0 Å². The van der Waals surface area contributed by atoms with Crippen LogP contribution in [0.15, 0.2) is 60.7 Å². The molecular weight excluding hydrogens is 446 g/mol. The third-order valence-corrected chi connectivity index (χ3v) is 6.25. The largest absolute Gasteiger partial charge is 0.476 e. The molecule has 1 saturated carbocycles. The maximum atomic E-state index is 12.9. The summed E-state index contributed by atoms with van der Waals surface area (Å²) in [6, 6.07) is 19.0. The number of hydrogen-bond donors (Lipinski definition) is 2. The predicted molar refractivity (Wildman–Crippen MR) is 130 cm³/mol. The first kappa shape index (κ1) is 24.5. The van der Waals surface area contributed by atoms with Gasteiger partial charge in [-0.1, -0.05) is 67.4 Å². The van der Waals surface area contributed by atoms with Crippen molar-refractivity contribution in [2.24, 2.45) is 0 Å². The van der Waals surface area contributed by atoms with Gasteiger partial charge in [0, 0.05) is 6.07 Å². The summed E-state index contributed by atoms with van der Waals surface area (Å²) in [4.78, 5) is 24.4. The average Bonchev–Trinajstić information content (AvgIpc) is 3.26. The number of amides is 1. The number of hydrogen-bond acceptors (Lipinski definition) is 5. The Morgan fingerprint density at radius 2 is 1.80 bits per heavy atom. The molecule has 8 nitrogen and oxygen atoms in total. The summed E-state index contributed by atoms with van der Waals surface area (Å²) in [5, 5.41) is 16.5. The molecule has 1 aromatic heterocycles. The molecule has 8 heteroatoms. The van der Waals surface area contributed by atoms with Gasteiger partial charge in [-0.05, 0) is 36.5 Å². The first-order valence-electron chi connectivity index (χ1n) is 11.9. The lowest BCUT2D eigenvalue weighted by molar-refractivity contribution is -0.124. The molecule has 1 fully saturated rings. The molecule has 0 bridgehead atoms. The van der Waals surface area contributed by atoms with E-state index in [1.165, 1.54) is 10.7 Å². The van der Waals surface area contributed by atoms with Crippen LogP contribution in [-0.2, 0) is 29.3 Å². The third kappa shape index (κ3) is 6.70. The Kier molecular flexibility index (Phi) is 8.15. The smallest absolute Gasteiger partial charge is 0.356 e. The highest BCUT2D eigenvalue weighted by Crippen LogP contribution is 2.23. The molecule has 0 radical (unpaired) electrons. The topological polar surface area (TPSA) is 103 Å². The van der Waals surface area contributed by atoms with Crippen LogP contribution in [0.3, 0.4) is 0 Å². The maximum Gasteiger partial charge on any atom is 0.356 e. The van der Waals surface area contributed by atoms with Crippen LogP contribution in [0, 0.1) is 6.92 Å². The van der Waals surface area contributed by atoms with Crippen LogP contribution in [-0.4, -0.2) is 38.9 Å². The Hall–Kier alpha value is -3.65. The van der Waals surface area contributed by atoms with Gasteiger partial charge in [-0.3, -0.25) is 4.79 Å². The first-order chi connectivity index (χ1) is 17.0. The number of aromatic carboxylic acids is 1. The number of carboxylic acid groups (broad SMARTS) is 1. The molecule has 4 rings (SSSR count). The van der Waals surface area contributed by atoms with Crippen molar-refractivity contribution in [2.75, 3.05) is 0 Å². The van der Waals surface area contributed by atoms with E-state index < -0.39 is 5.97 Å². The van der Waals surface area contributed by atoms with Crippen LogP contribution >= 0.6 is 0 Å². The van der Waals surface area contributed by atoms with Crippen LogP contribution in [0.2, 0.25) is 0 Å². The summed E-state index contributed by atoms with van der Waals surface area (Å²) in [6.45, 7) is 2.58. The normalized spacial score (nSPS) is 17.6. The minimum atomic E-state index is -1.17. The van der Waals surface area contributed by atoms with Gasteiger partial charge in [-0.25, -0.2) is 9.48 Å². The summed E-state index contributed by atoms with van der Waals surface area (Å²) in [5.41, 5.74) is 2.96. The van der Waals surface area contributed by atoms with Gasteiger partial charge >= 0.3 is 5.97 Å². The highest BCUT2D eigenvalue weighted by atomic mass is 16.5. The van der Waals surface area contributed by atoms with Crippen molar-refractivity contribution >= 4 is 11.9 Å². The van der Waals surface area contributed by atoms with Gasteiger partial charge < -0.3 is 19.9 Å². The molecule has 184 valence electrons. The van der Waals surface area contributed by atoms with Crippen LogP contribution in [0.4, 0.5) is 0 Å². The van der Waals surface area contributed by atoms with E-state index in [1.54, 1.807) is 0 Å². The number of carboxylic acids is 1.